The number of phenolic OH excluding ortho intramolecular Hbond substituents is 2. The number of rotatable bonds is 15. The van der Waals surface area contributed by atoms with Crippen molar-refractivity contribution in [2.24, 2.45) is 5.73 Å². The standard InChI is InChI=1S/C47H42N5O9PS/c48-43(49)29-19-21-30(22-20-29)44(62(57,60-32-12-4-1-5-13-32)61-33-14-6-2-7-15-33)51-40(55)18-8-3-11-27-50-46(63)52-41-38(54)26-25-37-42(41)58-39-28-31(53)23-24-36(39)47(37)35-17-10-9-16-34(35)45(56)59-47/h1-2,4-7,9-10,12-17,19-26,28,44,53-54H,3,8,11,18,27H2,(H3,48,49)(H,51,55)(H2,50,52,63). The summed E-state index contributed by atoms with van der Waals surface area (Å²) in [5.41, 5.74) is 7.21. The van der Waals surface area contributed by atoms with Crippen LogP contribution in [-0.2, 0) is 19.7 Å². The summed E-state index contributed by atoms with van der Waals surface area (Å²) in [5.74, 6) is -1.57. The van der Waals surface area contributed by atoms with Gasteiger partial charge >= 0.3 is 13.6 Å². The number of hydrogen-bond acceptors (Lipinski definition) is 11. The second-order valence-corrected chi connectivity index (χ2v) is 17.2. The first-order valence-corrected chi connectivity index (χ1v) is 22.1. The second-order valence-electron chi connectivity index (χ2n) is 14.8. The van der Waals surface area contributed by atoms with E-state index in [4.69, 9.17) is 41.9 Å². The number of amides is 1. The minimum Gasteiger partial charge on any atom is -0.508 e. The van der Waals surface area contributed by atoms with E-state index in [1.165, 1.54) is 18.2 Å². The molecule has 2 aliphatic rings. The lowest BCUT2D eigenvalue weighted by Crippen LogP contribution is -2.34. The van der Waals surface area contributed by atoms with E-state index < -0.39 is 24.9 Å². The summed E-state index contributed by atoms with van der Waals surface area (Å²) in [6.45, 7) is 0.409. The van der Waals surface area contributed by atoms with Crippen molar-refractivity contribution in [1.82, 2.24) is 10.6 Å². The molecule has 6 aromatic carbocycles. The molecular formula is C47H42N5O9PS. The van der Waals surface area contributed by atoms with Crippen LogP contribution in [-0.4, -0.2) is 39.6 Å². The topological polar surface area (TPSA) is 215 Å². The van der Waals surface area contributed by atoms with Crippen molar-refractivity contribution in [3.8, 4) is 34.5 Å². The molecule has 0 saturated carbocycles. The average Bonchev–Trinajstić information content (AvgIpc) is 3.57. The Hall–Kier alpha value is -7.35. The normalized spacial score (nSPS) is 15.1. The summed E-state index contributed by atoms with van der Waals surface area (Å²) in [5, 5.41) is 38.5. The number of hydrogen-bond donors (Lipinski definition) is 7. The maximum absolute atomic E-state index is 14.9. The Morgan fingerprint density at radius 1 is 0.810 bits per heavy atom. The fraction of sp³-hybridized carbons (Fsp3) is 0.149. The monoisotopic (exact) mass is 883 g/mol. The largest absolute Gasteiger partial charge is 0.508 e. The number of nitrogens with one attached hydrogen (secondary N) is 4. The van der Waals surface area contributed by atoms with Gasteiger partial charge in [-0.2, -0.15) is 0 Å². The van der Waals surface area contributed by atoms with Gasteiger partial charge in [-0.3, -0.25) is 10.2 Å². The number of benzene rings is 6. The van der Waals surface area contributed by atoms with E-state index >= 15 is 0 Å². The van der Waals surface area contributed by atoms with E-state index in [9.17, 15) is 24.4 Å². The smallest absolute Gasteiger partial charge is 0.457 e. The molecule has 6 aromatic rings. The summed E-state index contributed by atoms with van der Waals surface area (Å²) >= 11 is 5.62. The number of amidine groups is 1. The first kappa shape index (κ1) is 42.3. The Kier molecular flexibility index (Phi) is 12.1. The molecule has 0 aromatic heterocycles. The van der Waals surface area contributed by atoms with Crippen LogP contribution in [0.3, 0.4) is 0 Å². The molecule has 1 amide bonds. The van der Waals surface area contributed by atoms with Crippen molar-refractivity contribution >= 4 is 48.3 Å². The summed E-state index contributed by atoms with van der Waals surface area (Å²) in [4.78, 5) is 26.8. The molecule has 2 heterocycles. The minimum atomic E-state index is -4.24. The number of nitrogen functional groups attached to an aromatic ring is 1. The Morgan fingerprint density at radius 2 is 1.46 bits per heavy atom. The SMILES string of the molecule is N=C(N)c1ccc(C(NC(=O)CCCCCNC(=S)Nc2c(O)ccc3c2Oc2cc(O)ccc2C32OC(=O)c3ccccc32)P(=O)(Oc2ccccc2)Oc2ccccc2)cc1. The average molecular weight is 884 g/mol. The Bertz CT molecular complexity index is 2710. The lowest BCUT2D eigenvalue weighted by atomic mass is 9.77. The summed E-state index contributed by atoms with van der Waals surface area (Å²) in [6.07, 6.45) is 1.79. The van der Waals surface area contributed by atoms with Gasteiger partial charge in [-0.1, -0.05) is 85.3 Å². The Morgan fingerprint density at radius 3 is 2.14 bits per heavy atom. The number of carbonyl (C=O) groups is 2. The molecule has 320 valence electrons. The van der Waals surface area contributed by atoms with Gasteiger partial charge in [0.15, 0.2) is 22.2 Å². The molecular weight excluding hydrogens is 842 g/mol. The highest BCUT2D eigenvalue weighted by atomic mass is 32.1. The number of ether oxygens (including phenoxy) is 2. The van der Waals surface area contributed by atoms with E-state index in [0.717, 1.165) is 0 Å². The fourth-order valence-corrected chi connectivity index (χ4v) is 9.70. The fourth-order valence-electron chi connectivity index (χ4n) is 7.58. The van der Waals surface area contributed by atoms with Crippen LogP contribution in [0.1, 0.15) is 69.6 Å². The molecule has 2 atom stereocenters. The first-order chi connectivity index (χ1) is 30.4. The molecule has 2 aliphatic heterocycles. The number of thiocarbonyl (C=S) groups is 1. The summed E-state index contributed by atoms with van der Waals surface area (Å²) in [6, 6.07) is 38.3. The highest BCUT2D eigenvalue weighted by molar-refractivity contribution is 7.80. The van der Waals surface area contributed by atoms with Gasteiger partial charge in [0.05, 0.1) is 11.1 Å². The van der Waals surface area contributed by atoms with Gasteiger partial charge in [0.1, 0.15) is 40.3 Å². The number of aromatic hydroxyl groups is 2. The lowest BCUT2D eigenvalue weighted by molar-refractivity contribution is -0.121. The van der Waals surface area contributed by atoms with Gasteiger partial charge in [-0.05, 0) is 85.2 Å². The van der Waals surface area contributed by atoms with Gasteiger partial charge < -0.3 is 50.4 Å². The summed E-state index contributed by atoms with van der Waals surface area (Å²) < 4.78 is 39.6. The molecule has 8 N–H and O–H groups in total. The van der Waals surface area contributed by atoms with E-state index in [1.807, 2.05) is 0 Å². The number of phenols is 2. The maximum atomic E-state index is 14.9. The van der Waals surface area contributed by atoms with Gasteiger partial charge in [0.2, 0.25) is 5.91 Å². The number of nitrogens with two attached hydrogens (primary N) is 1. The molecule has 0 aliphatic carbocycles. The number of unbranched alkanes of at least 4 members (excludes halogenated alkanes) is 2. The number of anilines is 1. The molecule has 0 bridgehead atoms. The van der Waals surface area contributed by atoms with Gasteiger partial charge in [0, 0.05) is 35.7 Å². The quantitative estimate of drug-likeness (QED) is 0.00977. The lowest BCUT2D eigenvalue weighted by Gasteiger charge is -2.37. The number of para-hydroxylation sites is 2. The minimum absolute atomic E-state index is 0.0660. The molecule has 16 heteroatoms. The third-order valence-electron chi connectivity index (χ3n) is 10.6. The van der Waals surface area contributed by atoms with Crippen molar-refractivity contribution in [2.75, 3.05) is 11.9 Å². The molecule has 8 rings (SSSR count). The van der Waals surface area contributed by atoms with Crippen LogP contribution >= 0.6 is 19.8 Å². The van der Waals surface area contributed by atoms with Crippen LogP contribution < -0.4 is 35.5 Å². The molecule has 1 spiro atoms. The third kappa shape index (κ3) is 8.74. The predicted molar refractivity (Wildman–Crippen MR) is 241 cm³/mol. The number of fused-ring (bicyclic) bond motifs is 6. The zero-order valence-electron chi connectivity index (χ0n) is 33.6. The van der Waals surface area contributed by atoms with Crippen LogP contribution in [0.15, 0.2) is 140 Å². The van der Waals surface area contributed by atoms with Crippen LogP contribution in [0.2, 0.25) is 0 Å². The highest BCUT2D eigenvalue weighted by Gasteiger charge is 2.54. The molecule has 2 unspecified atom stereocenters. The maximum Gasteiger partial charge on any atom is 0.457 e. The highest BCUT2D eigenvalue weighted by Crippen LogP contribution is 2.60. The molecule has 14 nitrogen and oxygen atoms in total. The van der Waals surface area contributed by atoms with Crippen LogP contribution in [0, 0.1) is 5.41 Å². The van der Waals surface area contributed by atoms with Crippen LogP contribution in [0.5, 0.6) is 34.5 Å². The first-order valence-electron chi connectivity index (χ1n) is 20.0. The van der Waals surface area contributed by atoms with E-state index in [1.54, 1.807) is 121 Å². The van der Waals surface area contributed by atoms with Gasteiger partial charge in [0.25, 0.3) is 0 Å². The predicted octanol–water partition coefficient (Wildman–Crippen LogP) is 8.96. The molecule has 63 heavy (non-hydrogen) atoms. The van der Waals surface area contributed by atoms with E-state index in [-0.39, 0.29) is 63.5 Å². The van der Waals surface area contributed by atoms with Gasteiger partial charge in [-0.15, -0.1) is 0 Å². The Balaban J connectivity index is 0.922. The zero-order chi connectivity index (χ0) is 44.1. The van der Waals surface area contributed by atoms with E-state index in [2.05, 4.69) is 16.0 Å². The second kappa shape index (κ2) is 17.9. The molecule has 0 saturated heterocycles. The molecule has 0 fully saturated rings. The van der Waals surface area contributed by atoms with E-state index in [0.29, 0.717) is 59.2 Å². The van der Waals surface area contributed by atoms with Crippen molar-refractivity contribution in [3.05, 3.63) is 173 Å². The third-order valence-corrected chi connectivity index (χ3v) is 12.8. The summed E-state index contributed by atoms with van der Waals surface area (Å²) in [7, 11) is -4.24. The van der Waals surface area contributed by atoms with Crippen molar-refractivity contribution < 1.29 is 42.9 Å². The number of carbonyl (C=O) groups excluding carboxylic acids is 2. The van der Waals surface area contributed by atoms with Crippen molar-refractivity contribution in [1.29, 1.82) is 5.41 Å². The zero-order valence-corrected chi connectivity index (χ0v) is 35.3. The molecule has 0 radical (unpaired) electrons. The van der Waals surface area contributed by atoms with Crippen molar-refractivity contribution in [3.63, 3.8) is 0 Å². The van der Waals surface area contributed by atoms with Crippen LogP contribution in [0.25, 0.3) is 0 Å². The van der Waals surface area contributed by atoms with Gasteiger partial charge in [-0.25, -0.2) is 9.36 Å². The number of esters is 1. The van der Waals surface area contributed by atoms with Crippen molar-refractivity contribution in [2.45, 2.75) is 37.1 Å². The Labute approximate surface area is 368 Å². The van der Waals surface area contributed by atoms with Crippen LogP contribution in [0.4, 0.5) is 5.69 Å².